The normalized spacial score (nSPS) is 11.1. The van der Waals surface area contributed by atoms with E-state index < -0.39 is 0 Å². The van der Waals surface area contributed by atoms with Crippen molar-refractivity contribution >= 4 is 0 Å². The Morgan fingerprint density at radius 3 is 2.54 bits per heavy atom. The Morgan fingerprint density at radius 1 is 1.23 bits per heavy atom. The van der Waals surface area contributed by atoms with Crippen LogP contribution in [0.3, 0.4) is 0 Å². The monoisotopic (exact) mass is 188 g/mol. The average Bonchev–Trinajstić information content (AvgIpc) is 2.14. The molecule has 0 atom stereocenters. The van der Waals surface area contributed by atoms with E-state index in [0.717, 1.165) is 19.7 Å². The van der Waals surface area contributed by atoms with Crippen LogP contribution >= 0.6 is 0 Å². The lowest BCUT2D eigenvalue weighted by Crippen LogP contribution is -2.30. The lowest BCUT2D eigenvalue weighted by atomic mass is 10.3. The van der Waals surface area contributed by atoms with E-state index >= 15 is 0 Å². The highest BCUT2D eigenvalue weighted by molar-refractivity contribution is 4.57. The van der Waals surface area contributed by atoms with E-state index in [2.05, 4.69) is 17.1 Å². The number of nitrogens with one attached hydrogen (secondary N) is 1. The third kappa shape index (κ3) is 8.22. The van der Waals surface area contributed by atoms with Gasteiger partial charge in [-0.15, -0.1) is 0 Å². The minimum Gasteiger partial charge on any atom is -0.383 e. The second-order valence-corrected chi connectivity index (χ2v) is 3.29. The van der Waals surface area contributed by atoms with Gasteiger partial charge in [-0.2, -0.15) is 0 Å². The Balaban J connectivity index is 3.41. The first-order valence-electron chi connectivity index (χ1n) is 5.21. The predicted molar refractivity (Wildman–Crippen MR) is 57.2 cm³/mol. The fraction of sp³-hybridized carbons (Fsp3) is 1.00. The van der Waals surface area contributed by atoms with E-state index in [1.165, 1.54) is 25.9 Å². The van der Waals surface area contributed by atoms with Gasteiger partial charge in [0, 0.05) is 13.7 Å². The van der Waals surface area contributed by atoms with Gasteiger partial charge in [0.2, 0.25) is 0 Å². The average molecular weight is 188 g/mol. The molecular formula is C10H24N2O. The second-order valence-electron chi connectivity index (χ2n) is 3.29. The zero-order valence-corrected chi connectivity index (χ0v) is 9.31. The topological polar surface area (TPSA) is 24.5 Å². The molecule has 0 aromatic rings. The Kier molecular flexibility index (Phi) is 9.87. The van der Waals surface area contributed by atoms with Crippen molar-refractivity contribution in [2.24, 2.45) is 0 Å². The largest absolute Gasteiger partial charge is 0.383 e. The minimum atomic E-state index is 0.847. The molecule has 80 valence electrons. The van der Waals surface area contributed by atoms with Gasteiger partial charge in [0.15, 0.2) is 0 Å². The summed E-state index contributed by atoms with van der Waals surface area (Å²) < 4.78 is 5.07. The molecule has 0 aliphatic heterocycles. The van der Waals surface area contributed by atoms with Crippen LogP contribution in [0.15, 0.2) is 0 Å². The van der Waals surface area contributed by atoms with Gasteiger partial charge < -0.3 is 15.0 Å². The van der Waals surface area contributed by atoms with E-state index in [1.54, 1.807) is 7.11 Å². The fourth-order valence-corrected chi connectivity index (χ4v) is 1.35. The Labute approximate surface area is 82.4 Å². The maximum absolute atomic E-state index is 5.07. The van der Waals surface area contributed by atoms with Gasteiger partial charge in [0.25, 0.3) is 0 Å². The summed E-state index contributed by atoms with van der Waals surface area (Å²) in [5.41, 5.74) is 0. The van der Waals surface area contributed by atoms with Crippen molar-refractivity contribution in [1.82, 2.24) is 10.2 Å². The van der Waals surface area contributed by atoms with E-state index in [1.807, 2.05) is 7.05 Å². The van der Waals surface area contributed by atoms with Crippen molar-refractivity contribution < 1.29 is 4.74 Å². The van der Waals surface area contributed by atoms with Crippen LogP contribution in [-0.4, -0.2) is 51.8 Å². The zero-order valence-electron chi connectivity index (χ0n) is 9.31. The first-order chi connectivity index (χ1) is 6.35. The smallest absolute Gasteiger partial charge is 0.0589 e. The number of methoxy groups -OCH3 is 1. The van der Waals surface area contributed by atoms with Crippen LogP contribution < -0.4 is 5.32 Å². The van der Waals surface area contributed by atoms with Crippen LogP contribution in [0, 0.1) is 0 Å². The lowest BCUT2D eigenvalue weighted by molar-refractivity contribution is 0.147. The third-order valence-corrected chi connectivity index (χ3v) is 2.05. The first-order valence-corrected chi connectivity index (χ1v) is 5.21. The van der Waals surface area contributed by atoms with Crippen molar-refractivity contribution in [2.45, 2.75) is 19.8 Å². The predicted octanol–water partition coefficient (Wildman–Crippen LogP) is 0.954. The van der Waals surface area contributed by atoms with Gasteiger partial charge in [-0.1, -0.05) is 6.92 Å². The minimum absolute atomic E-state index is 0.847. The molecule has 1 N–H and O–H groups in total. The van der Waals surface area contributed by atoms with Crippen molar-refractivity contribution in [2.75, 3.05) is 46.9 Å². The van der Waals surface area contributed by atoms with Crippen LogP contribution in [0.25, 0.3) is 0 Å². The van der Waals surface area contributed by atoms with Gasteiger partial charge in [-0.25, -0.2) is 0 Å². The number of rotatable bonds is 9. The summed E-state index contributed by atoms with van der Waals surface area (Å²) in [4.78, 5) is 2.46. The highest BCUT2D eigenvalue weighted by atomic mass is 16.5. The molecule has 0 unspecified atom stereocenters. The maximum Gasteiger partial charge on any atom is 0.0589 e. The first kappa shape index (κ1) is 12.9. The molecule has 13 heavy (non-hydrogen) atoms. The van der Waals surface area contributed by atoms with Crippen LogP contribution in [0.1, 0.15) is 19.8 Å². The quantitative estimate of drug-likeness (QED) is 0.545. The van der Waals surface area contributed by atoms with Gasteiger partial charge >= 0.3 is 0 Å². The highest BCUT2D eigenvalue weighted by Crippen LogP contribution is 1.93. The van der Waals surface area contributed by atoms with Crippen LogP contribution in [0.5, 0.6) is 0 Å². The number of hydrogen-bond acceptors (Lipinski definition) is 3. The summed E-state index contributed by atoms with van der Waals surface area (Å²) in [6, 6.07) is 0. The molecule has 0 amide bonds. The Bertz CT molecular complexity index is 98.9. The van der Waals surface area contributed by atoms with Crippen LogP contribution in [0.2, 0.25) is 0 Å². The number of ether oxygens (including phenoxy) is 1. The second kappa shape index (κ2) is 9.96. The molecule has 3 heteroatoms. The van der Waals surface area contributed by atoms with Crippen molar-refractivity contribution in [3.63, 3.8) is 0 Å². The summed E-state index contributed by atoms with van der Waals surface area (Å²) in [5, 5.41) is 3.16. The molecular weight excluding hydrogens is 164 g/mol. The van der Waals surface area contributed by atoms with E-state index in [4.69, 9.17) is 4.74 Å². The fourth-order valence-electron chi connectivity index (χ4n) is 1.35. The van der Waals surface area contributed by atoms with Crippen molar-refractivity contribution in [3.8, 4) is 0 Å². The van der Waals surface area contributed by atoms with E-state index in [0.29, 0.717) is 0 Å². The third-order valence-electron chi connectivity index (χ3n) is 2.05. The molecule has 0 spiro atoms. The van der Waals surface area contributed by atoms with Gasteiger partial charge in [-0.05, 0) is 39.5 Å². The molecule has 3 nitrogen and oxygen atoms in total. The molecule has 0 aliphatic carbocycles. The molecule has 0 aromatic carbocycles. The molecule has 0 heterocycles. The maximum atomic E-state index is 5.07. The van der Waals surface area contributed by atoms with E-state index in [-0.39, 0.29) is 0 Å². The summed E-state index contributed by atoms with van der Waals surface area (Å²) in [6.07, 6.45) is 2.45. The molecule has 0 saturated heterocycles. The molecule has 0 rings (SSSR count). The summed E-state index contributed by atoms with van der Waals surface area (Å²) >= 11 is 0. The SMILES string of the molecule is CCCN(CCCNC)CCOC. The summed E-state index contributed by atoms with van der Waals surface area (Å²) in [6.45, 7) is 7.60. The van der Waals surface area contributed by atoms with Crippen molar-refractivity contribution in [3.05, 3.63) is 0 Å². The molecule has 0 saturated carbocycles. The van der Waals surface area contributed by atoms with Crippen molar-refractivity contribution in [1.29, 1.82) is 0 Å². The molecule has 0 bridgehead atoms. The highest BCUT2D eigenvalue weighted by Gasteiger charge is 2.01. The van der Waals surface area contributed by atoms with Gasteiger partial charge in [0.05, 0.1) is 6.61 Å². The molecule has 0 radical (unpaired) electrons. The lowest BCUT2D eigenvalue weighted by Gasteiger charge is -2.20. The number of hydrogen-bond donors (Lipinski definition) is 1. The van der Waals surface area contributed by atoms with Gasteiger partial charge in [0.1, 0.15) is 0 Å². The molecule has 0 aromatic heterocycles. The standard InChI is InChI=1S/C10H24N2O/c1-4-7-12(9-10-13-3)8-5-6-11-2/h11H,4-10H2,1-3H3. The van der Waals surface area contributed by atoms with Crippen LogP contribution in [-0.2, 0) is 4.74 Å². The van der Waals surface area contributed by atoms with E-state index in [9.17, 15) is 0 Å². The number of nitrogens with zero attached hydrogens (tertiary/aromatic N) is 1. The summed E-state index contributed by atoms with van der Waals surface area (Å²) in [7, 11) is 3.76. The Hall–Kier alpha value is -0.120. The van der Waals surface area contributed by atoms with Crippen LogP contribution in [0.4, 0.5) is 0 Å². The Morgan fingerprint density at radius 2 is 2.00 bits per heavy atom. The molecule has 0 fully saturated rings. The summed E-state index contributed by atoms with van der Waals surface area (Å²) in [5.74, 6) is 0. The van der Waals surface area contributed by atoms with Gasteiger partial charge in [-0.3, -0.25) is 0 Å². The molecule has 0 aliphatic rings. The zero-order chi connectivity index (χ0) is 9.94.